The number of hydrogen-bond acceptors (Lipinski definition) is 4. The maximum Gasteiger partial charge on any atom is 0.356 e. The number of nitrogens with zero attached hydrogens (tertiary/aromatic N) is 2. The molecule has 0 aliphatic heterocycles. The molecule has 0 saturated heterocycles. The van der Waals surface area contributed by atoms with Crippen molar-refractivity contribution in [2.45, 2.75) is 20.8 Å². The van der Waals surface area contributed by atoms with Crippen molar-refractivity contribution in [3.8, 4) is 17.0 Å². The van der Waals surface area contributed by atoms with Crippen molar-refractivity contribution >= 4 is 22.3 Å². The molecule has 0 amide bonds. The van der Waals surface area contributed by atoms with Crippen LogP contribution in [0, 0.1) is 13.8 Å². The van der Waals surface area contributed by atoms with Crippen LogP contribution in [-0.4, -0.2) is 27.1 Å². The third kappa shape index (κ3) is 2.35. The van der Waals surface area contributed by atoms with Crippen LogP contribution in [0.5, 0.6) is 5.75 Å². The molecule has 3 rings (SSSR count). The fourth-order valence-corrected chi connectivity index (χ4v) is 3.45. The Morgan fingerprint density at radius 1 is 1.36 bits per heavy atom. The first-order chi connectivity index (χ1) is 10.5. The number of fused-ring (bicyclic) bond motifs is 1. The van der Waals surface area contributed by atoms with Crippen molar-refractivity contribution in [1.82, 2.24) is 9.38 Å². The summed E-state index contributed by atoms with van der Waals surface area (Å²) in [4.78, 5) is 15.8. The minimum absolute atomic E-state index is 0.0625. The smallest absolute Gasteiger partial charge is 0.356 e. The maximum atomic E-state index is 11.1. The molecule has 0 spiro atoms. The molecule has 0 atom stereocenters. The van der Waals surface area contributed by atoms with E-state index in [0.717, 1.165) is 28.1 Å². The van der Waals surface area contributed by atoms with Crippen molar-refractivity contribution in [3.63, 3.8) is 0 Å². The van der Waals surface area contributed by atoms with E-state index in [4.69, 9.17) is 9.84 Å². The first kappa shape index (κ1) is 14.6. The second kappa shape index (κ2) is 5.46. The highest BCUT2D eigenvalue weighted by Crippen LogP contribution is 2.32. The highest BCUT2D eigenvalue weighted by atomic mass is 32.1. The third-order valence-corrected chi connectivity index (χ3v) is 4.31. The summed E-state index contributed by atoms with van der Waals surface area (Å²) in [6.45, 7) is 6.63. The lowest BCUT2D eigenvalue weighted by Crippen LogP contribution is -1.98. The molecule has 2 aromatic heterocycles. The van der Waals surface area contributed by atoms with Gasteiger partial charge < -0.3 is 9.84 Å². The van der Waals surface area contributed by atoms with Crippen LogP contribution < -0.4 is 4.74 Å². The van der Waals surface area contributed by atoms with E-state index in [0.29, 0.717) is 11.6 Å². The number of rotatable bonds is 4. The van der Waals surface area contributed by atoms with Gasteiger partial charge in [-0.3, -0.25) is 4.40 Å². The molecule has 0 saturated carbocycles. The monoisotopic (exact) mass is 316 g/mol. The van der Waals surface area contributed by atoms with Crippen LogP contribution >= 0.6 is 11.3 Å². The number of thiazole rings is 1. The molecule has 0 unspecified atom stereocenters. The number of benzene rings is 1. The number of carboxylic acid groups (broad SMARTS) is 1. The summed E-state index contributed by atoms with van der Waals surface area (Å²) >= 11 is 1.43. The second-order valence-corrected chi connectivity index (χ2v) is 5.91. The van der Waals surface area contributed by atoms with Crippen LogP contribution in [-0.2, 0) is 0 Å². The van der Waals surface area contributed by atoms with Crippen molar-refractivity contribution in [2.24, 2.45) is 0 Å². The summed E-state index contributed by atoms with van der Waals surface area (Å²) in [6, 6.07) is 4.11. The molecular weight excluding hydrogens is 300 g/mol. The Hall–Kier alpha value is -2.34. The molecule has 0 aliphatic rings. The van der Waals surface area contributed by atoms with Crippen molar-refractivity contribution in [3.05, 3.63) is 40.5 Å². The lowest BCUT2D eigenvalue weighted by atomic mass is 10.0. The lowest BCUT2D eigenvalue weighted by Gasteiger charge is -2.12. The van der Waals surface area contributed by atoms with Gasteiger partial charge in [-0.05, 0) is 44.0 Å². The van der Waals surface area contributed by atoms with Gasteiger partial charge in [0.05, 0.1) is 12.3 Å². The van der Waals surface area contributed by atoms with E-state index in [9.17, 15) is 4.79 Å². The van der Waals surface area contributed by atoms with Crippen molar-refractivity contribution < 1.29 is 14.6 Å². The molecule has 0 radical (unpaired) electrons. The number of carboxylic acids is 1. The highest BCUT2D eigenvalue weighted by Gasteiger charge is 2.15. The van der Waals surface area contributed by atoms with Gasteiger partial charge in [-0.1, -0.05) is 0 Å². The molecule has 1 N–H and O–H groups in total. The zero-order chi connectivity index (χ0) is 15.9. The molecule has 5 nitrogen and oxygen atoms in total. The largest absolute Gasteiger partial charge is 0.493 e. The average Bonchev–Trinajstić information content (AvgIpc) is 3.02. The van der Waals surface area contributed by atoms with Crippen LogP contribution in [0.4, 0.5) is 0 Å². The predicted octanol–water partition coefficient (Wildman–Crippen LogP) is 3.78. The highest BCUT2D eigenvalue weighted by molar-refractivity contribution is 7.15. The van der Waals surface area contributed by atoms with E-state index in [2.05, 4.69) is 17.1 Å². The Balaban J connectivity index is 2.13. The first-order valence-corrected chi connectivity index (χ1v) is 7.83. The van der Waals surface area contributed by atoms with Gasteiger partial charge in [-0.2, -0.15) is 0 Å². The molecule has 114 valence electrons. The topological polar surface area (TPSA) is 63.8 Å². The Morgan fingerprint density at radius 3 is 2.64 bits per heavy atom. The zero-order valence-corrected chi connectivity index (χ0v) is 13.4. The molecule has 3 aromatic rings. The van der Waals surface area contributed by atoms with Crippen LogP contribution in [0.1, 0.15) is 28.5 Å². The predicted molar refractivity (Wildman–Crippen MR) is 86.1 cm³/mol. The van der Waals surface area contributed by atoms with E-state index in [-0.39, 0.29) is 5.69 Å². The Bertz CT molecular complexity index is 841. The standard InChI is InChI=1S/C16H16N2O3S/c1-4-21-14-9(2)5-11(6-10(14)3)13-8-22-16-17-12(15(19)20)7-18(13)16/h5-8H,4H2,1-3H3,(H,19,20). The van der Waals surface area contributed by atoms with Gasteiger partial charge in [0.15, 0.2) is 10.7 Å². The Kier molecular flexibility index (Phi) is 3.62. The summed E-state index contributed by atoms with van der Waals surface area (Å²) in [5.74, 6) is -0.101. The minimum atomic E-state index is -1.01. The molecule has 1 aromatic carbocycles. The fraction of sp³-hybridized carbons (Fsp3) is 0.250. The number of aromatic carboxylic acids is 1. The molecule has 2 heterocycles. The summed E-state index contributed by atoms with van der Waals surface area (Å²) in [5, 5.41) is 11.1. The molecule has 22 heavy (non-hydrogen) atoms. The normalized spacial score (nSPS) is 11.0. The second-order valence-electron chi connectivity index (χ2n) is 5.08. The number of imidazole rings is 1. The van der Waals surface area contributed by atoms with Gasteiger partial charge in [0.1, 0.15) is 5.75 Å². The number of hydrogen-bond donors (Lipinski definition) is 1. The number of carbonyl (C=O) groups is 1. The Morgan fingerprint density at radius 2 is 2.05 bits per heavy atom. The first-order valence-electron chi connectivity index (χ1n) is 6.95. The van der Waals surface area contributed by atoms with Gasteiger partial charge >= 0.3 is 5.97 Å². The van der Waals surface area contributed by atoms with Gasteiger partial charge in [0.25, 0.3) is 0 Å². The van der Waals surface area contributed by atoms with Gasteiger partial charge in [-0.25, -0.2) is 9.78 Å². The van der Waals surface area contributed by atoms with Crippen molar-refractivity contribution in [1.29, 1.82) is 0 Å². The van der Waals surface area contributed by atoms with Gasteiger partial charge in [-0.15, -0.1) is 11.3 Å². The minimum Gasteiger partial charge on any atom is -0.493 e. The molecule has 0 aliphatic carbocycles. The quantitative estimate of drug-likeness (QED) is 0.795. The Labute approximate surface area is 131 Å². The van der Waals surface area contributed by atoms with E-state index < -0.39 is 5.97 Å². The molecular formula is C16H16N2O3S. The van der Waals surface area contributed by atoms with Crippen LogP contribution in [0.2, 0.25) is 0 Å². The summed E-state index contributed by atoms with van der Waals surface area (Å²) < 4.78 is 7.49. The van der Waals surface area contributed by atoms with E-state index in [1.165, 1.54) is 11.3 Å². The molecule has 0 fully saturated rings. The van der Waals surface area contributed by atoms with Gasteiger partial charge in [0.2, 0.25) is 0 Å². The SMILES string of the molecule is CCOc1c(C)cc(-c2csc3nc(C(=O)O)cn23)cc1C. The van der Waals surface area contributed by atoms with Gasteiger partial charge in [0, 0.05) is 17.1 Å². The van der Waals surface area contributed by atoms with Crippen LogP contribution in [0.3, 0.4) is 0 Å². The van der Waals surface area contributed by atoms with E-state index in [1.54, 1.807) is 6.20 Å². The number of aromatic nitrogens is 2. The average molecular weight is 316 g/mol. The zero-order valence-electron chi connectivity index (χ0n) is 12.6. The fourth-order valence-electron chi connectivity index (χ4n) is 2.56. The number of aryl methyl sites for hydroxylation is 2. The molecule has 6 heteroatoms. The van der Waals surface area contributed by atoms with Crippen LogP contribution in [0.15, 0.2) is 23.7 Å². The summed E-state index contributed by atoms with van der Waals surface area (Å²) in [7, 11) is 0. The van der Waals surface area contributed by atoms with Crippen LogP contribution in [0.25, 0.3) is 16.2 Å². The maximum absolute atomic E-state index is 11.1. The molecule has 0 bridgehead atoms. The lowest BCUT2D eigenvalue weighted by molar-refractivity contribution is 0.0691. The van der Waals surface area contributed by atoms with Crippen molar-refractivity contribution in [2.75, 3.05) is 6.61 Å². The summed E-state index contributed by atoms with van der Waals surface area (Å²) in [6.07, 6.45) is 1.56. The summed E-state index contributed by atoms with van der Waals surface area (Å²) in [5.41, 5.74) is 4.16. The van der Waals surface area contributed by atoms with E-state index >= 15 is 0 Å². The van der Waals surface area contributed by atoms with E-state index in [1.807, 2.05) is 30.6 Å². The number of ether oxygens (including phenoxy) is 1. The third-order valence-electron chi connectivity index (χ3n) is 3.47.